The average molecular weight is 458 g/mol. The molecule has 0 saturated carbocycles. The maximum absolute atomic E-state index is 14.0. The Labute approximate surface area is 200 Å². The van der Waals surface area contributed by atoms with Crippen molar-refractivity contribution in [3.63, 3.8) is 0 Å². The van der Waals surface area contributed by atoms with Gasteiger partial charge in [0, 0.05) is 19.2 Å². The maximum Gasteiger partial charge on any atom is 0.130 e. The molecule has 1 aliphatic heterocycles. The number of likely N-dealkylation sites (tertiary alicyclic amines) is 1. The van der Waals surface area contributed by atoms with E-state index < -0.39 is 0 Å². The zero-order valence-electron chi connectivity index (χ0n) is 21.0. The average Bonchev–Trinajstić information content (AvgIpc) is 2.83. The molecule has 3 unspecified atom stereocenters. The second-order valence-electron chi connectivity index (χ2n) is 9.86. The normalized spacial score (nSPS) is 17.6. The Morgan fingerprint density at radius 1 is 1.00 bits per heavy atom. The molecular weight excluding hydrogens is 413 g/mol. The number of phenols is 1. The molecule has 0 aromatic heterocycles. The molecule has 2 N–H and O–H groups in total. The monoisotopic (exact) mass is 457 g/mol. The molecule has 0 radical (unpaired) electrons. The van der Waals surface area contributed by atoms with Gasteiger partial charge in [0.05, 0.1) is 0 Å². The Bertz CT molecular complexity index is 763. The molecule has 3 rings (SSSR count). The van der Waals surface area contributed by atoms with E-state index in [1.54, 1.807) is 6.07 Å². The number of nitrogens with zero attached hydrogens (tertiary/aromatic N) is 1. The first kappa shape index (κ1) is 27.3. The number of aliphatic hydroxyl groups excluding tert-OH is 1. The molecule has 3 nitrogen and oxygen atoms in total. The Hall–Kier alpha value is -1.91. The Kier molecular flexibility index (Phi) is 11.9. The van der Waals surface area contributed by atoms with Gasteiger partial charge >= 0.3 is 0 Å². The lowest BCUT2D eigenvalue weighted by Gasteiger charge is -2.33. The van der Waals surface area contributed by atoms with Crippen molar-refractivity contribution < 1.29 is 14.6 Å². The molecule has 1 fully saturated rings. The number of phenolic OH excluding ortho intramolecular Hbond substituents is 1. The summed E-state index contributed by atoms with van der Waals surface area (Å²) < 4.78 is 14.0. The molecule has 0 aliphatic carbocycles. The molecule has 2 aromatic rings. The van der Waals surface area contributed by atoms with E-state index in [0.717, 1.165) is 50.9 Å². The summed E-state index contributed by atoms with van der Waals surface area (Å²) in [5.41, 5.74) is 1.61. The fourth-order valence-electron chi connectivity index (χ4n) is 4.99. The maximum atomic E-state index is 14.0. The van der Waals surface area contributed by atoms with Gasteiger partial charge in [0.1, 0.15) is 11.6 Å². The number of piperidine rings is 1. The first-order valence-electron chi connectivity index (χ1n) is 12.7. The van der Waals surface area contributed by atoms with Crippen molar-refractivity contribution in [3.8, 4) is 5.75 Å². The highest BCUT2D eigenvalue weighted by atomic mass is 19.1. The summed E-state index contributed by atoms with van der Waals surface area (Å²) in [5, 5.41) is 19.1. The first-order chi connectivity index (χ1) is 15.8. The van der Waals surface area contributed by atoms with Gasteiger partial charge in [-0.05, 0) is 86.6 Å². The van der Waals surface area contributed by atoms with Crippen molar-refractivity contribution in [1.29, 1.82) is 0 Å². The van der Waals surface area contributed by atoms with Gasteiger partial charge in [0.2, 0.25) is 0 Å². The standard InChI is InChI=1S/C23H38FNO2.C6H6/c1-5-20(17(3)22-12-21(27)13-23(24)18(22)4)7-6-16(2)14-25-10-8-19(15-26)9-11-25;1-2-4-6-5-3-1/h12-13,16-17,19-20,26-27H,5-11,14-15H2,1-4H3;1-6H. The molecule has 4 heteroatoms. The minimum atomic E-state index is -0.314. The highest BCUT2D eigenvalue weighted by molar-refractivity contribution is 5.37. The third kappa shape index (κ3) is 9.10. The molecule has 2 aromatic carbocycles. The number of hydrogen-bond acceptors (Lipinski definition) is 3. The van der Waals surface area contributed by atoms with Crippen LogP contribution in [0.4, 0.5) is 4.39 Å². The van der Waals surface area contributed by atoms with E-state index in [2.05, 4.69) is 25.7 Å². The highest BCUT2D eigenvalue weighted by Gasteiger charge is 2.23. The predicted molar refractivity (Wildman–Crippen MR) is 136 cm³/mol. The van der Waals surface area contributed by atoms with Crippen LogP contribution in [0.25, 0.3) is 0 Å². The number of aliphatic hydroxyl groups is 1. The summed E-state index contributed by atoms with van der Waals surface area (Å²) in [5.74, 6) is 1.57. The van der Waals surface area contributed by atoms with Crippen molar-refractivity contribution in [2.45, 2.75) is 65.7 Å². The molecule has 1 heterocycles. The molecule has 0 bridgehead atoms. The zero-order valence-corrected chi connectivity index (χ0v) is 21.0. The van der Waals surface area contributed by atoms with Crippen LogP contribution in [0.15, 0.2) is 48.5 Å². The lowest BCUT2D eigenvalue weighted by atomic mass is 9.80. The van der Waals surface area contributed by atoms with Crippen molar-refractivity contribution in [3.05, 3.63) is 65.5 Å². The number of halogens is 1. The third-order valence-corrected chi connectivity index (χ3v) is 7.32. The van der Waals surface area contributed by atoms with Crippen LogP contribution in [0, 0.1) is 30.5 Å². The van der Waals surface area contributed by atoms with Gasteiger partial charge < -0.3 is 15.1 Å². The minimum absolute atomic E-state index is 0.0226. The number of rotatable bonds is 9. The van der Waals surface area contributed by atoms with Crippen molar-refractivity contribution in [1.82, 2.24) is 4.90 Å². The fraction of sp³-hybridized carbons (Fsp3) is 0.586. The minimum Gasteiger partial charge on any atom is -0.508 e. The summed E-state index contributed by atoms with van der Waals surface area (Å²) in [4.78, 5) is 2.54. The van der Waals surface area contributed by atoms with Crippen LogP contribution in [0.1, 0.15) is 69.9 Å². The van der Waals surface area contributed by atoms with E-state index in [0.29, 0.717) is 29.9 Å². The summed E-state index contributed by atoms with van der Waals surface area (Å²) in [7, 11) is 0. The SMILES string of the molecule is CCC(CCC(C)CN1CCC(CO)CC1)C(C)c1cc(O)cc(F)c1C.c1ccccc1. The lowest BCUT2D eigenvalue weighted by molar-refractivity contribution is 0.119. The van der Waals surface area contributed by atoms with Crippen LogP contribution in [0.5, 0.6) is 5.75 Å². The first-order valence-corrected chi connectivity index (χ1v) is 12.7. The van der Waals surface area contributed by atoms with E-state index in [9.17, 15) is 14.6 Å². The van der Waals surface area contributed by atoms with Crippen LogP contribution in [-0.4, -0.2) is 41.4 Å². The molecule has 184 valence electrons. The lowest BCUT2D eigenvalue weighted by Crippen LogP contribution is -2.37. The van der Waals surface area contributed by atoms with E-state index in [-0.39, 0.29) is 17.5 Å². The zero-order chi connectivity index (χ0) is 24.2. The molecule has 1 aliphatic rings. The Morgan fingerprint density at radius 2 is 1.58 bits per heavy atom. The summed E-state index contributed by atoms with van der Waals surface area (Å²) in [6.45, 7) is 12.2. The largest absolute Gasteiger partial charge is 0.508 e. The van der Waals surface area contributed by atoms with Crippen LogP contribution < -0.4 is 0 Å². The summed E-state index contributed by atoms with van der Waals surface area (Å²) in [6, 6.07) is 14.9. The van der Waals surface area contributed by atoms with Crippen LogP contribution in [0.3, 0.4) is 0 Å². The number of aromatic hydroxyl groups is 1. The van der Waals surface area contributed by atoms with Gasteiger partial charge in [0.15, 0.2) is 0 Å². The topological polar surface area (TPSA) is 43.7 Å². The fourth-order valence-corrected chi connectivity index (χ4v) is 4.99. The van der Waals surface area contributed by atoms with Crippen molar-refractivity contribution >= 4 is 0 Å². The van der Waals surface area contributed by atoms with Gasteiger partial charge in [-0.2, -0.15) is 0 Å². The molecule has 0 amide bonds. The number of hydrogen-bond donors (Lipinski definition) is 2. The van der Waals surface area contributed by atoms with Gasteiger partial charge in [-0.15, -0.1) is 0 Å². The third-order valence-electron chi connectivity index (χ3n) is 7.32. The van der Waals surface area contributed by atoms with Crippen LogP contribution >= 0.6 is 0 Å². The molecular formula is C29H44FNO2. The number of benzene rings is 2. The van der Waals surface area contributed by atoms with E-state index in [1.807, 2.05) is 43.3 Å². The van der Waals surface area contributed by atoms with Crippen LogP contribution in [0.2, 0.25) is 0 Å². The molecule has 0 spiro atoms. The highest BCUT2D eigenvalue weighted by Crippen LogP contribution is 2.35. The van der Waals surface area contributed by atoms with Gasteiger partial charge in [-0.3, -0.25) is 0 Å². The molecule has 3 atom stereocenters. The quantitative estimate of drug-likeness (QED) is 0.436. The van der Waals surface area contributed by atoms with Gasteiger partial charge in [-0.1, -0.05) is 63.6 Å². The summed E-state index contributed by atoms with van der Waals surface area (Å²) >= 11 is 0. The van der Waals surface area contributed by atoms with E-state index >= 15 is 0 Å². The van der Waals surface area contributed by atoms with E-state index in [1.165, 1.54) is 12.5 Å². The van der Waals surface area contributed by atoms with Crippen molar-refractivity contribution in [2.24, 2.45) is 17.8 Å². The second kappa shape index (κ2) is 14.4. The summed E-state index contributed by atoms with van der Waals surface area (Å²) in [6.07, 6.45) is 5.58. The molecule has 33 heavy (non-hydrogen) atoms. The van der Waals surface area contributed by atoms with Crippen LogP contribution in [-0.2, 0) is 0 Å². The van der Waals surface area contributed by atoms with Crippen molar-refractivity contribution in [2.75, 3.05) is 26.2 Å². The smallest absolute Gasteiger partial charge is 0.130 e. The Balaban J connectivity index is 0.000000554. The van der Waals surface area contributed by atoms with Gasteiger partial charge in [-0.25, -0.2) is 4.39 Å². The predicted octanol–water partition coefficient (Wildman–Crippen LogP) is 6.78. The second-order valence-corrected chi connectivity index (χ2v) is 9.86. The van der Waals surface area contributed by atoms with Gasteiger partial charge in [0.25, 0.3) is 0 Å². The Morgan fingerprint density at radius 3 is 2.09 bits per heavy atom. The van der Waals surface area contributed by atoms with E-state index in [4.69, 9.17) is 0 Å². The molecule has 1 saturated heterocycles.